The molecule has 0 N–H and O–H groups in total. The second-order valence-corrected chi connectivity index (χ2v) is 16.2. The predicted octanol–water partition coefficient (Wildman–Crippen LogP) is 15.1. The lowest BCUT2D eigenvalue weighted by Crippen LogP contribution is -2.16. The third-order valence-corrected chi connectivity index (χ3v) is 12.7. The van der Waals surface area contributed by atoms with Gasteiger partial charge in [-0.05, 0) is 83.4 Å². The fourth-order valence-corrected chi connectivity index (χ4v) is 10.0. The first-order valence-electron chi connectivity index (χ1n) is 19.4. The van der Waals surface area contributed by atoms with Gasteiger partial charge in [0.25, 0.3) is 0 Å². The van der Waals surface area contributed by atoms with E-state index in [0.717, 1.165) is 50.8 Å². The Balaban J connectivity index is 1.23. The van der Waals surface area contributed by atoms with Crippen LogP contribution in [0, 0.1) is 0 Å². The van der Waals surface area contributed by atoms with Crippen LogP contribution < -0.4 is 9.80 Å². The maximum atomic E-state index is 6.93. The van der Waals surface area contributed by atoms with E-state index in [4.69, 9.17) is 9.40 Å². The van der Waals surface area contributed by atoms with Crippen LogP contribution in [0.15, 0.2) is 192 Å². The number of fused-ring (bicyclic) bond motifs is 7. The Labute approximate surface area is 335 Å². The van der Waals surface area contributed by atoms with Gasteiger partial charge in [0.15, 0.2) is 5.58 Å². The molecule has 0 saturated carbocycles. The quantitative estimate of drug-likeness (QED) is 0.162. The Morgan fingerprint density at radius 1 is 0.509 bits per heavy atom. The van der Waals surface area contributed by atoms with Gasteiger partial charge in [0.05, 0.1) is 27.4 Å². The van der Waals surface area contributed by atoms with Gasteiger partial charge < -0.3 is 14.2 Å². The summed E-state index contributed by atoms with van der Waals surface area (Å²) >= 11 is 1.84. The van der Waals surface area contributed by atoms with E-state index >= 15 is 0 Å². The van der Waals surface area contributed by atoms with E-state index in [0.29, 0.717) is 5.89 Å². The number of hydrogen-bond acceptors (Lipinski definition) is 5. The first kappa shape index (κ1) is 33.4. The van der Waals surface area contributed by atoms with Crippen LogP contribution >= 0.6 is 11.3 Å². The number of para-hydroxylation sites is 2. The minimum absolute atomic E-state index is 0.165. The van der Waals surface area contributed by atoms with Crippen molar-refractivity contribution in [3.8, 4) is 22.6 Å². The van der Waals surface area contributed by atoms with Gasteiger partial charge in [-0.25, -0.2) is 4.98 Å². The van der Waals surface area contributed by atoms with Gasteiger partial charge in [-0.2, -0.15) is 0 Å². The molecule has 1 aliphatic carbocycles. The number of thiophene rings is 1. The van der Waals surface area contributed by atoms with E-state index < -0.39 is 0 Å². The highest BCUT2D eigenvalue weighted by Crippen LogP contribution is 2.55. The van der Waals surface area contributed by atoms with Crippen LogP contribution in [0.1, 0.15) is 25.0 Å². The Morgan fingerprint density at radius 2 is 1.12 bits per heavy atom. The topological polar surface area (TPSA) is 32.5 Å². The normalized spacial score (nSPS) is 12.9. The number of nitrogens with zero attached hydrogens (tertiary/aromatic N) is 3. The van der Waals surface area contributed by atoms with Crippen molar-refractivity contribution in [2.45, 2.75) is 19.3 Å². The molecule has 4 nitrogen and oxygen atoms in total. The van der Waals surface area contributed by atoms with E-state index in [2.05, 4.69) is 194 Å². The zero-order valence-electron chi connectivity index (χ0n) is 31.6. The number of rotatable bonds is 7. The summed E-state index contributed by atoms with van der Waals surface area (Å²) in [5.74, 6) is 0.583. The minimum atomic E-state index is -0.165. The molecular weight excluding hydrogens is 715 g/mol. The lowest BCUT2D eigenvalue weighted by Gasteiger charge is -2.31. The van der Waals surface area contributed by atoms with Crippen LogP contribution in [0.25, 0.3) is 53.9 Å². The highest BCUT2D eigenvalue weighted by Gasteiger charge is 2.38. The maximum absolute atomic E-state index is 6.93. The van der Waals surface area contributed by atoms with Crippen LogP contribution in [-0.4, -0.2) is 4.98 Å². The fraction of sp³-hybridized carbons (Fsp3) is 0.0577. The molecule has 57 heavy (non-hydrogen) atoms. The van der Waals surface area contributed by atoms with Gasteiger partial charge >= 0.3 is 0 Å². The summed E-state index contributed by atoms with van der Waals surface area (Å²) in [4.78, 5) is 10.0. The molecule has 0 radical (unpaired) electrons. The molecule has 272 valence electrons. The zero-order chi connectivity index (χ0) is 38.1. The lowest BCUT2D eigenvalue weighted by atomic mass is 9.82. The number of anilines is 6. The zero-order valence-corrected chi connectivity index (χ0v) is 32.4. The molecular formula is C52H37N3OS. The molecule has 2 heterocycles. The maximum Gasteiger partial charge on any atom is 0.227 e. The molecule has 0 amide bonds. The smallest absolute Gasteiger partial charge is 0.227 e. The van der Waals surface area contributed by atoms with Crippen molar-refractivity contribution in [2.75, 3.05) is 9.80 Å². The largest absolute Gasteiger partial charge is 0.434 e. The second-order valence-electron chi connectivity index (χ2n) is 15.2. The SMILES string of the molecule is CC1(C)c2ccccc2-c2c(N(c3ccccc3)c3cc(N(c4ccccc4)c4cccc5c4sc4ccccc45)cc4nc(-c5ccccc5)oc34)cccc21. The second kappa shape index (κ2) is 13.1. The molecule has 0 spiro atoms. The molecule has 8 aromatic carbocycles. The average molecular weight is 752 g/mol. The summed E-state index contributed by atoms with van der Waals surface area (Å²) in [6.45, 7) is 4.67. The van der Waals surface area contributed by atoms with Crippen LogP contribution in [-0.2, 0) is 5.41 Å². The van der Waals surface area contributed by atoms with Gasteiger partial charge in [0, 0.05) is 43.4 Å². The predicted molar refractivity (Wildman–Crippen MR) is 239 cm³/mol. The monoisotopic (exact) mass is 751 g/mol. The molecule has 11 rings (SSSR count). The van der Waals surface area contributed by atoms with Gasteiger partial charge in [-0.3, -0.25) is 0 Å². The van der Waals surface area contributed by atoms with E-state index in [1.54, 1.807) is 0 Å². The number of aromatic nitrogens is 1. The lowest BCUT2D eigenvalue weighted by molar-refractivity contribution is 0.620. The molecule has 0 atom stereocenters. The summed E-state index contributed by atoms with van der Waals surface area (Å²) in [5, 5.41) is 2.51. The Kier molecular flexibility index (Phi) is 7.66. The van der Waals surface area contributed by atoms with E-state index in [-0.39, 0.29) is 5.41 Å². The van der Waals surface area contributed by atoms with E-state index in [1.807, 2.05) is 29.5 Å². The van der Waals surface area contributed by atoms with Crippen LogP contribution in [0.5, 0.6) is 0 Å². The molecule has 0 aliphatic heterocycles. The average Bonchev–Trinajstić information content (AvgIpc) is 3.94. The van der Waals surface area contributed by atoms with Crippen molar-refractivity contribution in [3.05, 3.63) is 199 Å². The number of hydrogen-bond donors (Lipinski definition) is 0. The van der Waals surface area contributed by atoms with Crippen molar-refractivity contribution < 1.29 is 4.42 Å². The van der Waals surface area contributed by atoms with Gasteiger partial charge in [-0.1, -0.05) is 135 Å². The summed E-state index contributed by atoms with van der Waals surface area (Å²) in [6.07, 6.45) is 0. The number of oxazole rings is 1. The van der Waals surface area contributed by atoms with Crippen LogP contribution in [0.3, 0.4) is 0 Å². The van der Waals surface area contributed by atoms with Crippen molar-refractivity contribution in [2.24, 2.45) is 0 Å². The highest BCUT2D eigenvalue weighted by atomic mass is 32.1. The third-order valence-electron chi connectivity index (χ3n) is 11.5. The Bertz CT molecular complexity index is 3110. The van der Waals surface area contributed by atoms with E-state index in [1.165, 1.54) is 42.4 Å². The van der Waals surface area contributed by atoms with Crippen molar-refractivity contribution in [3.63, 3.8) is 0 Å². The Hall–Kier alpha value is -6.95. The van der Waals surface area contributed by atoms with E-state index in [9.17, 15) is 0 Å². The summed E-state index contributed by atoms with van der Waals surface area (Å²) in [7, 11) is 0. The molecule has 0 fully saturated rings. The first-order valence-corrected chi connectivity index (χ1v) is 20.2. The molecule has 0 bridgehead atoms. The van der Waals surface area contributed by atoms with Crippen LogP contribution in [0.4, 0.5) is 34.1 Å². The summed E-state index contributed by atoms with van der Waals surface area (Å²) in [5.41, 5.74) is 13.6. The van der Waals surface area contributed by atoms with Crippen molar-refractivity contribution in [1.82, 2.24) is 4.98 Å². The molecule has 10 aromatic rings. The summed E-state index contributed by atoms with van der Waals surface area (Å²) < 4.78 is 9.42. The molecule has 0 saturated heterocycles. The highest BCUT2D eigenvalue weighted by molar-refractivity contribution is 7.26. The third kappa shape index (κ3) is 5.31. The summed E-state index contributed by atoms with van der Waals surface area (Å²) in [6, 6.07) is 67.0. The standard InChI is InChI=1S/C52H37N3OS/c1-52(2)41-27-14-12-25-40(41)48-42(52)28-17-29-44(48)55(36-22-10-5-11-23-36)46-33-37(32-43-49(46)56-51(53-43)34-18-6-3-7-19-34)54(35-20-8-4-9-21-35)45-30-16-26-39-38-24-13-15-31-47(38)57-50(39)45/h3-33H,1-2H3. The number of benzene rings is 8. The first-order chi connectivity index (χ1) is 28.0. The van der Waals surface area contributed by atoms with Gasteiger partial charge in [-0.15, -0.1) is 11.3 Å². The molecule has 2 aromatic heterocycles. The van der Waals surface area contributed by atoms with Crippen molar-refractivity contribution in [1.29, 1.82) is 0 Å². The molecule has 0 unspecified atom stereocenters. The van der Waals surface area contributed by atoms with Crippen LogP contribution in [0.2, 0.25) is 0 Å². The van der Waals surface area contributed by atoms with Gasteiger partial charge in [0.1, 0.15) is 5.52 Å². The van der Waals surface area contributed by atoms with Crippen molar-refractivity contribution >= 4 is 76.7 Å². The fourth-order valence-electron chi connectivity index (χ4n) is 8.82. The molecule has 5 heteroatoms. The Morgan fingerprint density at radius 3 is 1.91 bits per heavy atom. The minimum Gasteiger partial charge on any atom is -0.434 e. The molecule has 1 aliphatic rings. The van der Waals surface area contributed by atoms with Gasteiger partial charge in [0.2, 0.25) is 5.89 Å².